The third-order valence-electron chi connectivity index (χ3n) is 3.87. The fraction of sp³-hybridized carbons (Fsp3) is 0.150. The van der Waals surface area contributed by atoms with E-state index in [1.54, 1.807) is 0 Å². The molecule has 0 saturated carbocycles. The number of benzene rings is 2. The molecule has 132 valence electrons. The Hall–Kier alpha value is -2.92. The summed E-state index contributed by atoms with van der Waals surface area (Å²) in [4.78, 5) is 20.5. The molecule has 0 saturated heterocycles. The van der Waals surface area contributed by atoms with E-state index in [2.05, 4.69) is 20.6 Å². The molecule has 0 spiro atoms. The van der Waals surface area contributed by atoms with Crippen LogP contribution in [0.3, 0.4) is 0 Å². The quantitative estimate of drug-likeness (QED) is 0.687. The van der Waals surface area contributed by atoms with Crippen molar-refractivity contribution in [3.63, 3.8) is 0 Å². The van der Waals surface area contributed by atoms with Crippen LogP contribution in [0, 0.1) is 6.92 Å². The summed E-state index contributed by atoms with van der Waals surface area (Å²) in [5, 5.41) is 6.64. The van der Waals surface area contributed by atoms with Gasteiger partial charge in [-0.05, 0) is 36.6 Å². The molecule has 3 aromatic rings. The van der Waals surface area contributed by atoms with Crippen LogP contribution < -0.4 is 10.6 Å². The van der Waals surface area contributed by atoms with Gasteiger partial charge in [-0.3, -0.25) is 4.79 Å². The molecule has 0 unspecified atom stereocenters. The van der Waals surface area contributed by atoms with Crippen LogP contribution in [0.1, 0.15) is 21.6 Å². The van der Waals surface area contributed by atoms with Crippen molar-refractivity contribution in [3.05, 3.63) is 82.8 Å². The minimum atomic E-state index is -0.238. The Balaban J connectivity index is 1.54. The zero-order valence-corrected chi connectivity index (χ0v) is 15.1. The van der Waals surface area contributed by atoms with E-state index < -0.39 is 0 Å². The second-order valence-corrected chi connectivity index (χ2v) is 6.27. The summed E-state index contributed by atoms with van der Waals surface area (Å²) in [5.41, 5.74) is 3.28. The minimum absolute atomic E-state index is 0.238. The summed E-state index contributed by atoms with van der Waals surface area (Å²) in [6.45, 7) is 2.49. The lowest BCUT2D eigenvalue weighted by atomic mass is 10.1. The van der Waals surface area contributed by atoms with Crippen molar-refractivity contribution in [3.8, 4) is 0 Å². The number of nitrogens with one attached hydrogen (secondary N) is 2. The number of carbonyl (C=O) groups excluding carboxylic acids is 1. The topological polar surface area (TPSA) is 66.9 Å². The number of aryl methyl sites for hydroxylation is 1. The standard InChI is InChI=1S/C20H19ClN4O/c1-14-7-8-16(11-17(14)21)25-19-13-23-18(12-24-19)20(26)22-10-9-15-5-3-2-4-6-15/h2-8,11-13H,9-10H2,1H3,(H,22,26)(H,24,25). The largest absolute Gasteiger partial charge is 0.350 e. The maximum atomic E-state index is 12.1. The number of rotatable bonds is 6. The summed E-state index contributed by atoms with van der Waals surface area (Å²) in [6.07, 6.45) is 3.75. The van der Waals surface area contributed by atoms with Crippen LogP contribution in [0.5, 0.6) is 0 Å². The first kappa shape index (κ1) is 17.9. The van der Waals surface area contributed by atoms with Crippen molar-refractivity contribution in [1.82, 2.24) is 15.3 Å². The summed E-state index contributed by atoms with van der Waals surface area (Å²) >= 11 is 6.11. The predicted octanol–water partition coefficient (Wildman–Crippen LogP) is 4.15. The predicted molar refractivity (Wildman–Crippen MR) is 104 cm³/mol. The highest BCUT2D eigenvalue weighted by Crippen LogP contribution is 2.22. The number of hydrogen-bond acceptors (Lipinski definition) is 4. The van der Waals surface area contributed by atoms with Gasteiger partial charge in [0.1, 0.15) is 11.5 Å². The van der Waals surface area contributed by atoms with Gasteiger partial charge >= 0.3 is 0 Å². The van der Waals surface area contributed by atoms with Crippen molar-refractivity contribution in [2.75, 3.05) is 11.9 Å². The van der Waals surface area contributed by atoms with Crippen LogP contribution in [-0.4, -0.2) is 22.4 Å². The summed E-state index contributed by atoms with van der Waals surface area (Å²) in [7, 11) is 0. The average molecular weight is 367 g/mol. The van der Waals surface area contributed by atoms with Crippen LogP contribution in [0.2, 0.25) is 5.02 Å². The molecule has 1 heterocycles. The van der Waals surface area contributed by atoms with Crippen molar-refractivity contribution in [2.45, 2.75) is 13.3 Å². The SMILES string of the molecule is Cc1ccc(Nc2cnc(C(=O)NCCc3ccccc3)cn2)cc1Cl. The van der Waals surface area contributed by atoms with Crippen LogP contribution >= 0.6 is 11.6 Å². The summed E-state index contributed by atoms with van der Waals surface area (Å²) in [6, 6.07) is 15.7. The third-order valence-corrected chi connectivity index (χ3v) is 4.28. The molecule has 1 amide bonds. The fourth-order valence-electron chi connectivity index (χ4n) is 2.38. The first-order chi connectivity index (χ1) is 12.6. The Morgan fingerprint density at radius 1 is 1.08 bits per heavy atom. The van der Waals surface area contributed by atoms with Gasteiger partial charge in [0.05, 0.1) is 12.4 Å². The molecule has 5 nitrogen and oxygen atoms in total. The highest BCUT2D eigenvalue weighted by molar-refractivity contribution is 6.31. The number of hydrogen-bond donors (Lipinski definition) is 2. The Morgan fingerprint density at radius 3 is 2.58 bits per heavy atom. The van der Waals surface area contributed by atoms with E-state index in [1.165, 1.54) is 18.0 Å². The first-order valence-electron chi connectivity index (χ1n) is 8.29. The molecular weight excluding hydrogens is 348 g/mol. The van der Waals surface area contributed by atoms with E-state index >= 15 is 0 Å². The van der Waals surface area contributed by atoms with Crippen LogP contribution in [0.25, 0.3) is 0 Å². The zero-order chi connectivity index (χ0) is 18.4. The Labute approximate surface area is 157 Å². The number of aromatic nitrogens is 2. The van der Waals surface area contributed by atoms with Crippen molar-refractivity contribution >= 4 is 29.0 Å². The maximum absolute atomic E-state index is 12.1. The molecule has 0 fully saturated rings. The molecule has 0 aliphatic rings. The lowest BCUT2D eigenvalue weighted by molar-refractivity contribution is 0.0949. The molecule has 0 aliphatic carbocycles. The Bertz CT molecular complexity index is 882. The molecule has 0 bridgehead atoms. The molecule has 6 heteroatoms. The van der Waals surface area contributed by atoms with Crippen LogP contribution in [0.15, 0.2) is 60.9 Å². The highest BCUT2D eigenvalue weighted by atomic mass is 35.5. The fourth-order valence-corrected chi connectivity index (χ4v) is 2.56. The van der Waals surface area contributed by atoms with Gasteiger partial charge in [0, 0.05) is 17.3 Å². The second kappa shape index (κ2) is 8.45. The van der Waals surface area contributed by atoms with E-state index in [4.69, 9.17) is 11.6 Å². The molecule has 2 aromatic carbocycles. The molecule has 2 N–H and O–H groups in total. The van der Waals surface area contributed by atoms with Gasteiger partial charge in [-0.1, -0.05) is 48.0 Å². The van der Waals surface area contributed by atoms with Gasteiger partial charge in [-0.2, -0.15) is 0 Å². The van der Waals surface area contributed by atoms with E-state index in [9.17, 15) is 4.79 Å². The second-order valence-electron chi connectivity index (χ2n) is 5.87. The monoisotopic (exact) mass is 366 g/mol. The van der Waals surface area contributed by atoms with Gasteiger partial charge in [-0.25, -0.2) is 9.97 Å². The Kier molecular flexibility index (Phi) is 5.81. The Morgan fingerprint density at radius 2 is 1.88 bits per heavy atom. The molecule has 3 rings (SSSR count). The van der Waals surface area contributed by atoms with Gasteiger partial charge < -0.3 is 10.6 Å². The molecular formula is C20H19ClN4O. The number of amides is 1. The number of anilines is 2. The minimum Gasteiger partial charge on any atom is -0.350 e. The average Bonchev–Trinajstić information content (AvgIpc) is 2.66. The molecule has 0 atom stereocenters. The smallest absolute Gasteiger partial charge is 0.271 e. The van der Waals surface area contributed by atoms with Crippen molar-refractivity contribution in [1.29, 1.82) is 0 Å². The normalized spacial score (nSPS) is 10.4. The molecule has 1 aromatic heterocycles. The summed E-state index contributed by atoms with van der Waals surface area (Å²) in [5.74, 6) is 0.309. The van der Waals surface area contributed by atoms with E-state index in [1.807, 2.05) is 55.5 Å². The summed E-state index contributed by atoms with van der Waals surface area (Å²) < 4.78 is 0. The highest BCUT2D eigenvalue weighted by Gasteiger charge is 2.08. The maximum Gasteiger partial charge on any atom is 0.271 e. The van der Waals surface area contributed by atoms with Gasteiger partial charge in [0.15, 0.2) is 0 Å². The van der Waals surface area contributed by atoms with Crippen molar-refractivity contribution < 1.29 is 4.79 Å². The molecule has 0 aliphatic heterocycles. The number of nitrogens with zero attached hydrogens (tertiary/aromatic N) is 2. The van der Waals surface area contributed by atoms with Gasteiger partial charge in [0.25, 0.3) is 5.91 Å². The van der Waals surface area contributed by atoms with E-state index in [-0.39, 0.29) is 11.6 Å². The van der Waals surface area contributed by atoms with E-state index in [0.717, 1.165) is 17.7 Å². The van der Waals surface area contributed by atoms with Crippen LogP contribution in [-0.2, 0) is 6.42 Å². The number of halogens is 1. The molecule has 26 heavy (non-hydrogen) atoms. The lowest BCUT2D eigenvalue weighted by Gasteiger charge is -2.08. The van der Waals surface area contributed by atoms with Crippen molar-refractivity contribution in [2.24, 2.45) is 0 Å². The molecule has 0 radical (unpaired) electrons. The van der Waals surface area contributed by atoms with E-state index in [0.29, 0.717) is 17.4 Å². The zero-order valence-electron chi connectivity index (χ0n) is 14.4. The van der Waals surface area contributed by atoms with Gasteiger partial charge in [-0.15, -0.1) is 0 Å². The van der Waals surface area contributed by atoms with Crippen LogP contribution in [0.4, 0.5) is 11.5 Å². The van der Waals surface area contributed by atoms with Gasteiger partial charge in [0.2, 0.25) is 0 Å². The first-order valence-corrected chi connectivity index (χ1v) is 8.67. The third kappa shape index (κ3) is 4.80. The number of carbonyl (C=O) groups is 1. The lowest BCUT2D eigenvalue weighted by Crippen LogP contribution is -2.26.